The number of rotatable bonds is 5. The third kappa shape index (κ3) is 3.22. The summed E-state index contributed by atoms with van der Waals surface area (Å²) in [6, 6.07) is 17.6. The molecule has 2 aromatic rings. The van der Waals surface area contributed by atoms with Crippen molar-refractivity contribution in [3.8, 4) is 0 Å². The third-order valence-corrected chi connectivity index (χ3v) is 5.14. The first-order chi connectivity index (χ1) is 9.14. The van der Waals surface area contributed by atoms with E-state index < -0.39 is 15.1 Å². The zero-order valence-electron chi connectivity index (χ0n) is 10.4. The molecule has 0 aliphatic heterocycles. The van der Waals surface area contributed by atoms with E-state index in [-0.39, 0.29) is 11.5 Å². The summed E-state index contributed by atoms with van der Waals surface area (Å²) in [4.78, 5) is 0.255. The van der Waals surface area contributed by atoms with Gasteiger partial charge >= 0.3 is 0 Å². The summed E-state index contributed by atoms with van der Waals surface area (Å²) in [6.07, 6.45) is 0.314. The molecule has 1 N–H and O–H groups in total. The molecule has 2 rings (SSSR count). The van der Waals surface area contributed by atoms with Crippen molar-refractivity contribution >= 4 is 9.84 Å². The predicted octanol–water partition coefficient (Wildman–Crippen LogP) is 2.06. The van der Waals surface area contributed by atoms with Gasteiger partial charge in [0.15, 0.2) is 9.84 Å². The summed E-state index contributed by atoms with van der Waals surface area (Å²) >= 11 is 0. The summed E-state index contributed by atoms with van der Waals surface area (Å²) < 4.78 is 24.8. The maximum atomic E-state index is 12.4. The van der Waals surface area contributed by atoms with E-state index in [0.29, 0.717) is 6.42 Å². The van der Waals surface area contributed by atoms with E-state index in [2.05, 4.69) is 0 Å². The van der Waals surface area contributed by atoms with Crippen LogP contribution in [0, 0.1) is 0 Å². The van der Waals surface area contributed by atoms with Crippen LogP contribution in [0.25, 0.3) is 0 Å². The fraction of sp³-hybridized carbons (Fsp3) is 0.200. The van der Waals surface area contributed by atoms with E-state index in [1.54, 1.807) is 30.3 Å². The van der Waals surface area contributed by atoms with Gasteiger partial charge in [-0.25, -0.2) is 8.42 Å². The van der Waals surface area contributed by atoms with E-state index in [9.17, 15) is 13.5 Å². The zero-order valence-corrected chi connectivity index (χ0v) is 11.3. The molecule has 0 spiro atoms. The summed E-state index contributed by atoms with van der Waals surface area (Å²) in [6.45, 7) is -0.383. The highest BCUT2D eigenvalue weighted by Gasteiger charge is 2.26. The first kappa shape index (κ1) is 13.8. The van der Waals surface area contributed by atoms with Gasteiger partial charge in [-0.1, -0.05) is 48.5 Å². The first-order valence-corrected chi connectivity index (χ1v) is 7.63. The standard InChI is InChI=1S/C15H16O3S/c16-12-15(11-13-7-3-1-4-8-13)19(17,18)14-9-5-2-6-10-14/h1-10,15-16H,11-12H2. The Morgan fingerprint density at radius 2 is 1.42 bits per heavy atom. The van der Waals surface area contributed by atoms with Gasteiger partial charge in [0.05, 0.1) is 16.8 Å². The van der Waals surface area contributed by atoms with Crippen LogP contribution in [0.4, 0.5) is 0 Å². The van der Waals surface area contributed by atoms with E-state index in [4.69, 9.17) is 0 Å². The second-order valence-corrected chi connectivity index (χ2v) is 6.58. The van der Waals surface area contributed by atoms with Crippen molar-refractivity contribution in [2.75, 3.05) is 6.61 Å². The van der Waals surface area contributed by atoms with E-state index in [1.165, 1.54) is 0 Å². The van der Waals surface area contributed by atoms with Crippen molar-refractivity contribution in [1.82, 2.24) is 0 Å². The molecule has 0 aliphatic rings. The second kappa shape index (κ2) is 5.99. The van der Waals surface area contributed by atoms with Gasteiger partial charge in [0.1, 0.15) is 0 Å². The molecule has 0 heterocycles. The van der Waals surface area contributed by atoms with Crippen LogP contribution in [0.3, 0.4) is 0 Å². The monoisotopic (exact) mass is 276 g/mol. The smallest absolute Gasteiger partial charge is 0.183 e. The molecule has 0 saturated carbocycles. The van der Waals surface area contributed by atoms with Crippen molar-refractivity contribution in [2.24, 2.45) is 0 Å². The molecule has 4 heteroatoms. The van der Waals surface area contributed by atoms with Crippen molar-refractivity contribution < 1.29 is 13.5 Å². The Bertz CT molecular complexity index is 606. The molecule has 0 radical (unpaired) electrons. The number of aliphatic hydroxyl groups excluding tert-OH is 1. The van der Waals surface area contributed by atoms with E-state index >= 15 is 0 Å². The minimum Gasteiger partial charge on any atom is -0.395 e. The Hall–Kier alpha value is -1.65. The van der Waals surface area contributed by atoms with Crippen LogP contribution in [0.1, 0.15) is 5.56 Å². The fourth-order valence-electron chi connectivity index (χ4n) is 1.95. The molecule has 0 bridgehead atoms. The minimum atomic E-state index is -3.50. The summed E-state index contributed by atoms with van der Waals surface area (Å²) in [5, 5.41) is 8.60. The Morgan fingerprint density at radius 1 is 0.895 bits per heavy atom. The average molecular weight is 276 g/mol. The maximum Gasteiger partial charge on any atom is 0.183 e. The molecule has 1 atom stereocenters. The van der Waals surface area contributed by atoms with Gasteiger partial charge in [-0.2, -0.15) is 0 Å². The molecule has 0 aliphatic carbocycles. The molecule has 2 aromatic carbocycles. The summed E-state index contributed by atoms with van der Waals surface area (Å²) in [5.41, 5.74) is 0.904. The van der Waals surface area contributed by atoms with Crippen LogP contribution >= 0.6 is 0 Å². The summed E-state index contributed by atoms with van der Waals surface area (Å²) in [7, 11) is -3.50. The van der Waals surface area contributed by atoms with Crippen molar-refractivity contribution in [3.63, 3.8) is 0 Å². The van der Waals surface area contributed by atoms with Crippen molar-refractivity contribution in [3.05, 3.63) is 66.2 Å². The largest absolute Gasteiger partial charge is 0.395 e. The van der Waals surface area contributed by atoms with Gasteiger partial charge in [-0.3, -0.25) is 0 Å². The van der Waals surface area contributed by atoms with Gasteiger partial charge < -0.3 is 5.11 Å². The van der Waals surface area contributed by atoms with Crippen LogP contribution in [-0.2, 0) is 16.3 Å². The Morgan fingerprint density at radius 3 is 1.95 bits per heavy atom. The van der Waals surface area contributed by atoms with Gasteiger partial charge in [-0.05, 0) is 24.1 Å². The highest BCUT2D eigenvalue weighted by atomic mass is 32.2. The lowest BCUT2D eigenvalue weighted by Gasteiger charge is -2.15. The quantitative estimate of drug-likeness (QED) is 0.909. The molecule has 0 amide bonds. The van der Waals surface area contributed by atoms with E-state index in [0.717, 1.165) is 5.56 Å². The normalized spacial score (nSPS) is 13.1. The zero-order chi connectivity index (χ0) is 13.7. The predicted molar refractivity (Wildman–Crippen MR) is 74.6 cm³/mol. The highest BCUT2D eigenvalue weighted by molar-refractivity contribution is 7.92. The number of sulfone groups is 1. The first-order valence-electron chi connectivity index (χ1n) is 6.08. The van der Waals surface area contributed by atoms with Crippen molar-refractivity contribution in [2.45, 2.75) is 16.6 Å². The molecule has 0 aromatic heterocycles. The van der Waals surface area contributed by atoms with Crippen LogP contribution in [-0.4, -0.2) is 25.4 Å². The molecule has 3 nitrogen and oxygen atoms in total. The molecule has 1 unspecified atom stereocenters. The van der Waals surface area contributed by atoms with Crippen LogP contribution in [0.5, 0.6) is 0 Å². The Balaban J connectivity index is 2.27. The van der Waals surface area contributed by atoms with Gasteiger partial charge in [0.25, 0.3) is 0 Å². The lowest BCUT2D eigenvalue weighted by atomic mass is 10.1. The lowest BCUT2D eigenvalue weighted by molar-refractivity contribution is 0.289. The minimum absolute atomic E-state index is 0.255. The number of benzene rings is 2. The summed E-state index contributed by atoms with van der Waals surface area (Å²) in [5.74, 6) is 0. The number of hydrogen-bond donors (Lipinski definition) is 1. The van der Waals surface area contributed by atoms with Gasteiger partial charge in [0.2, 0.25) is 0 Å². The average Bonchev–Trinajstić information content (AvgIpc) is 2.46. The molecule has 0 fully saturated rings. The number of hydrogen-bond acceptors (Lipinski definition) is 3. The Labute approximate surface area is 113 Å². The van der Waals surface area contributed by atoms with Crippen LogP contribution < -0.4 is 0 Å². The SMILES string of the molecule is O=S(=O)(c1ccccc1)C(CO)Cc1ccccc1. The molecular weight excluding hydrogens is 260 g/mol. The van der Waals surface area contributed by atoms with Gasteiger partial charge in [-0.15, -0.1) is 0 Å². The topological polar surface area (TPSA) is 54.4 Å². The Kier molecular flexibility index (Phi) is 4.35. The van der Waals surface area contributed by atoms with Crippen molar-refractivity contribution in [1.29, 1.82) is 0 Å². The van der Waals surface area contributed by atoms with Crippen LogP contribution in [0.15, 0.2) is 65.6 Å². The molecule has 100 valence electrons. The second-order valence-electron chi connectivity index (χ2n) is 4.35. The number of aliphatic hydroxyl groups is 1. The maximum absolute atomic E-state index is 12.4. The third-order valence-electron chi connectivity index (χ3n) is 3.02. The molecule has 0 saturated heterocycles. The fourth-order valence-corrected chi connectivity index (χ4v) is 3.48. The molecule has 19 heavy (non-hydrogen) atoms. The molecular formula is C15H16O3S. The highest BCUT2D eigenvalue weighted by Crippen LogP contribution is 2.18. The lowest BCUT2D eigenvalue weighted by Crippen LogP contribution is -2.27. The van der Waals surface area contributed by atoms with Gasteiger partial charge in [0, 0.05) is 0 Å². The van der Waals surface area contributed by atoms with E-state index in [1.807, 2.05) is 30.3 Å². The van der Waals surface area contributed by atoms with Crippen LogP contribution in [0.2, 0.25) is 0 Å².